The number of guanidine groups is 1. The quantitative estimate of drug-likeness (QED) is 0.654. The largest absolute Gasteiger partial charge is 0.444 e. The molecule has 0 aliphatic heterocycles. The van der Waals surface area contributed by atoms with Crippen molar-refractivity contribution in [2.24, 2.45) is 10.7 Å². The van der Waals surface area contributed by atoms with Gasteiger partial charge in [0, 0.05) is 24.6 Å². The molecule has 2 aromatic rings. The number of aromatic nitrogens is 1. The fraction of sp³-hybridized carbons (Fsp3) is 0.333. The number of nitrogens with zero attached hydrogens (tertiary/aromatic N) is 2. The predicted molar refractivity (Wildman–Crippen MR) is 80.4 cm³/mol. The van der Waals surface area contributed by atoms with Crippen LogP contribution in [0.1, 0.15) is 19.5 Å². The fourth-order valence-electron chi connectivity index (χ4n) is 1.78. The van der Waals surface area contributed by atoms with E-state index in [9.17, 15) is 4.39 Å². The molecular weight excluding hydrogens is 271 g/mol. The van der Waals surface area contributed by atoms with E-state index in [1.807, 2.05) is 13.8 Å². The predicted octanol–water partition coefficient (Wildman–Crippen LogP) is 2.34. The number of nitrogens with two attached hydrogens (primary N) is 1. The maximum absolute atomic E-state index is 12.9. The molecule has 0 bridgehead atoms. The van der Waals surface area contributed by atoms with Crippen molar-refractivity contribution in [2.45, 2.75) is 26.3 Å². The summed E-state index contributed by atoms with van der Waals surface area (Å²) >= 11 is 0. The number of rotatable bonds is 5. The van der Waals surface area contributed by atoms with Gasteiger partial charge in [-0.3, -0.25) is 4.99 Å². The summed E-state index contributed by atoms with van der Waals surface area (Å²) < 4.78 is 18.2. The lowest BCUT2D eigenvalue weighted by atomic mass is 10.2. The Kier molecular flexibility index (Phi) is 4.92. The van der Waals surface area contributed by atoms with Crippen LogP contribution in [0.25, 0.3) is 11.5 Å². The molecule has 3 N–H and O–H groups in total. The minimum absolute atomic E-state index is 0.255. The summed E-state index contributed by atoms with van der Waals surface area (Å²) in [4.78, 5) is 8.55. The van der Waals surface area contributed by atoms with Crippen LogP contribution in [0.15, 0.2) is 39.9 Å². The summed E-state index contributed by atoms with van der Waals surface area (Å²) in [7, 11) is 0. The fourth-order valence-corrected chi connectivity index (χ4v) is 1.78. The molecule has 2 rings (SSSR count). The maximum Gasteiger partial charge on any atom is 0.226 e. The summed E-state index contributed by atoms with van der Waals surface area (Å²) in [5.41, 5.74) is 7.24. The van der Waals surface area contributed by atoms with Crippen molar-refractivity contribution in [1.29, 1.82) is 0 Å². The normalized spacial score (nSPS) is 11.9. The van der Waals surface area contributed by atoms with Crippen LogP contribution in [0.4, 0.5) is 4.39 Å². The third-order valence-electron chi connectivity index (χ3n) is 2.73. The number of nitrogens with one attached hydrogen (secondary N) is 1. The Labute approximate surface area is 123 Å². The lowest BCUT2D eigenvalue weighted by Crippen LogP contribution is -2.36. The van der Waals surface area contributed by atoms with E-state index in [0.717, 1.165) is 11.3 Å². The van der Waals surface area contributed by atoms with Crippen LogP contribution in [0, 0.1) is 5.82 Å². The second-order valence-electron chi connectivity index (χ2n) is 4.97. The third-order valence-corrected chi connectivity index (χ3v) is 2.73. The SMILES string of the molecule is CC(C)NC(N)=NCCc1coc(-c2ccc(F)cc2)n1. The van der Waals surface area contributed by atoms with Gasteiger partial charge in [0.2, 0.25) is 5.89 Å². The number of halogens is 1. The van der Waals surface area contributed by atoms with Crippen molar-refractivity contribution in [3.05, 3.63) is 42.0 Å². The number of oxazole rings is 1. The number of aliphatic imine (C=N–C) groups is 1. The molecule has 0 spiro atoms. The van der Waals surface area contributed by atoms with Gasteiger partial charge < -0.3 is 15.5 Å². The maximum atomic E-state index is 12.9. The van der Waals surface area contributed by atoms with E-state index in [1.165, 1.54) is 12.1 Å². The summed E-state index contributed by atoms with van der Waals surface area (Å²) in [5, 5.41) is 3.01. The Bertz CT molecular complexity index is 604. The van der Waals surface area contributed by atoms with Crippen molar-refractivity contribution >= 4 is 5.96 Å². The monoisotopic (exact) mass is 290 g/mol. The number of hydrogen-bond acceptors (Lipinski definition) is 3. The first-order chi connectivity index (χ1) is 10.0. The highest BCUT2D eigenvalue weighted by Gasteiger charge is 2.06. The molecule has 5 nitrogen and oxygen atoms in total. The van der Waals surface area contributed by atoms with E-state index < -0.39 is 0 Å². The molecule has 6 heteroatoms. The molecule has 0 amide bonds. The van der Waals surface area contributed by atoms with Crippen LogP contribution in [0.5, 0.6) is 0 Å². The minimum Gasteiger partial charge on any atom is -0.444 e. The highest BCUT2D eigenvalue weighted by atomic mass is 19.1. The topological polar surface area (TPSA) is 76.4 Å². The molecule has 0 unspecified atom stereocenters. The molecule has 0 radical (unpaired) electrons. The van der Waals surface area contributed by atoms with Crippen LogP contribution in [0.2, 0.25) is 0 Å². The first-order valence-electron chi connectivity index (χ1n) is 6.81. The van der Waals surface area contributed by atoms with Crippen LogP contribution in [0.3, 0.4) is 0 Å². The van der Waals surface area contributed by atoms with Gasteiger partial charge >= 0.3 is 0 Å². The number of hydrogen-bond donors (Lipinski definition) is 2. The lowest BCUT2D eigenvalue weighted by molar-refractivity contribution is 0.572. The molecule has 1 heterocycles. The highest BCUT2D eigenvalue weighted by molar-refractivity contribution is 5.78. The second kappa shape index (κ2) is 6.88. The zero-order chi connectivity index (χ0) is 15.2. The van der Waals surface area contributed by atoms with E-state index in [-0.39, 0.29) is 11.9 Å². The van der Waals surface area contributed by atoms with Gasteiger partial charge in [0.15, 0.2) is 5.96 Å². The van der Waals surface area contributed by atoms with Crippen LogP contribution in [-0.2, 0) is 6.42 Å². The Morgan fingerprint density at radius 1 is 1.38 bits per heavy atom. The van der Waals surface area contributed by atoms with Crippen LogP contribution >= 0.6 is 0 Å². The van der Waals surface area contributed by atoms with E-state index in [4.69, 9.17) is 10.2 Å². The van der Waals surface area contributed by atoms with Crippen LogP contribution < -0.4 is 11.1 Å². The Hall–Kier alpha value is -2.37. The van der Waals surface area contributed by atoms with E-state index in [2.05, 4.69) is 15.3 Å². The van der Waals surface area contributed by atoms with Gasteiger partial charge in [-0.25, -0.2) is 9.37 Å². The van der Waals surface area contributed by atoms with Crippen molar-refractivity contribution in [1.82, 2.24) is 10.3 Å². The Morgan fingerprint density at radius 2 is 2.10 bits per heavy atom. The van der Waals surface area contributed by atoms with Gasteiger partial charge in [-0.15, -0.1) is 0 Å². The summed E-state index contributed by atoms with van der Waals surface area (Å²) in [5.74, 6) is 0.613. The summed E-state index contributed by atoms with van der Waals surface area (Å²) in [6.45, 7) is 4.52. The van der Waals surface area contributed by atoms with Gasteiger partial charge in [0.1, 0.15) is 12.1 Å². The molecule has 0 fully saturated rings. The Balaban J connectivity index is 1.93. The second-order valence-corrected chi connectivity index (χ2v) is 4.97. The third kappa shape index (κ3) is 4.59. The zero-order valence-corrected chi connectivity index (χ0v) is 12.1. The minimum atomic E-state index is -0.284. The molecule has 0 saturated heterocycles. The first-order valence-corrected chi connectivity index (χ1v) is 6.81. The van der Waals surface area contributed by atoms with Gasteiger partial charge in [0.25, 0.3) is 0 Å². The van der Waals surface area contributed by atoms with E-state index in [0.29, 0.717) is 24.8 Å². The smallest absolute Gasteiger partial charge is 0.226 e. The summed E-state index contributed by atoms with van der Waals surface area (Å²) in [6, 6.07) is 6.27. The van der Waals surface area contributed by atoms with Crippen LogP contribution in [-0.4, -0.2) is 23.5 Å². The molecule has 1 aromatic carbocycles. The van der Waals surface area contributed by atoms with Crippen molar-refractivity contribution in [3.63, 3.8) is 0 Å². The zero-order valence-electron chi connectivity index (χ0n) is 12.1. The first kappa shape index (κ1) is 15.0. The molecule has 0 aliphatic rings. The average molecular weight is 290 g/mol. The van der Waals surface area contributed by atoms with Gasteiger partial charge in [-0.2, -0.15) is 0 Å². The molecule has 21 heavy (non-hydrogen) atoms. The standard InChI is InChI=1S/C15H19FN4O/c1-10(2)19-15(17)18-8-7-13-9-21-14(20-13)11-3-5-12(16)6-4-11/h3-6,9-10H,7-8H2,1-2H3,(H3,17,18,19). The van der Waals surface area contributed by atoms with Crippen molar-refractivity contribution in [2.75, 3.05) is 6.54 Å². The van der Waals surface area contributed by atoms with E-state index >= 15 is 0 Å². The molecule has 1 aromatic heterocycles. The molecule has 112 valence electrons. The summed E-state index contributed by atoms with van der Waals surface area (Å²) in [6.07, 6.45) is 2.21. The molecule has 0 aliphatic carbocycles. The van der Waals surface area contributed by atoms with Crippen molar-refractivity contribution < 1.29 is 8.81 Å². The lowest BCUT2D eigenvalue weighted by Gasteiger charge is -2.07. The van der Waals surface area contributed by atoms with Gasteiger partial charge in [0.05, 0.1) is 5.69 Å². The van der Waals surface area contributed by atoms with Crippen molar-refractivity contribution in [3.8, 4) is 11.5 Å². The van der Waals surface area contributed by atoms with Gasteiger partial charge in [-0.05, 0) is 38.1 Å². The van der Waals surface area contributed by atoms with E-state index in [1.54, 1.807) is 18.4 Å². The Morgan fingerprint density at radius 3 is 2.76 bits per heavy atom. The number of benzene rings is 1. The van der Waals surface area contributed by atoms with Gasteiger partial charge in [-0.1, -0.05) is 0 Å². The molecule has 0 saturated carbocycles. The molecular formula is C15H19FN4O. The molecule has 0 atom stereocenters. The average Bonchev–Trinajstić information content (AvgIpc) is 2.87. The highest BCUT2D eigenvalue weighted by Crippen LogP contribution is 2.19.